The van der Waals surface area contributed by atoms with E-state index in [-0.39, 0.29) is 5.69 Å². The average molecular weight is 425 g/mol. The first-order chi connectivity index (χ1) is 15.7. The Hall–Kier alpha value is -4.66. The SMILES string of the molecule is Cc1ccc(Nc2ccccn2)cc1Nc1ncc(-c2cccc(-n3nc[nH]c3=O)c2)o1. The minimum absolute atomic E-state index is 0.309. The second-order valence-corrected chi connectivity index (χ2v) is 7.08. The maximum atomic E-state index is 11.8. The summed E-state index contributed by atoms with van der Waals surface area (Å²) in [5.74, 6) is 1.33. The monoisotopic (exact) mass is 425 g/mol. The largest absolute Gasteiger partial charge is 0.423 e. The van der Waals surface area contributed by atoms with Gasteiger partial charge in [-0.15, -0.1) is 0 Å². The number of rotatable bonds is 6. The predicted molar refractivity (Wildman–Crippen MR) is 122 cm³/mol. The summed E-state index contributed by atoms with van der Waals surface area (Å²) >= 11 is 0. The number of aryl methyl sites for hydroxylation is 1. The normalized spacial score (nSPS) is 10.8. The molecule has 0 aliphatic heterocycles. The second-order valence-electron chi connectivity index (χ2n) is 7.08. The lowest BCUT2D eigenvalue weighted by Gasteiger charge is -2.10. The van der Waals surface area contributed by atoms with Gasteiger partial charge in [-0.1, -0.05) is 24.3 Å². The van der Waals surface area contributed by atoms with Gasteiger partial charge < -0.3 is 15.1 Å². The molecule has 0 unspecified atom stereocenters. The number of hydrogen-bond donors (Lipinski definition) is 3. The Morgan fingerprint density at radius 1 is 1.00 bits per heavy atom. The van der Waals surface area contributed by atoms with E-state index in [2.05, 4.69) is 30.7 Å². The highest BCUT2D eigenvalue weighted by Gasteiger charge is 2.11. The van der Waals surface area contributed by atoms with E-state index < -0.39 is 0 Å². The standard InChI is InChI=1S/C23H19N7O2/c1-15-8-9-17(28-21-7-2-3-10-24-21)12-19(15)29-22-25-13-20(32-22)16-5-4-6-18(11-16)30-23(31)26-14-27-30/h2-14H,1H3,(H,24,28)(H,25,29)(H,26,27,31). The third-order valence-electron chi connectivity index (χ3n) is 4.85. The van der Waals surface area contributed by atoms with Crippen LogP contribution in [0.5, 0.6) is 0 Å². The van der Waals surface area contributed by atoms with E-state index in [0.717, 1.165) is 28.3 Å². The number of nitrogens with one attached hydrogen (secondary N) is 3. The van der Waals surface area contributed by atoms with E-state index in [0.29, 0.717) is 17.5 Å². The van der Waals surface area contributed by atoms with Gasteiger partial charge in [0.1, 0.15) is 12.1 Å². The lowest BCUT2D eigenvalue weighted by molar-refractivity contribution is 0.592. The Bertz CT molecular complexity index is 1420. The lowest BCUT2D eigenvalue weighted by atomic mass is 10.1. The van der Waals surface area contributed by atoms with Crippen LogP contribution in [-0.4, -0.2) is 24.7 Å². The first-order valence-electron chi connectivity index (χ1n) is 9.91. The van der Waals surface area contributed by atoms with Gasteiger partial charge in [0.2, 0.25) is 0 Å². The third-order valence-corrected chi connectivity index (χ3v) is 4.85. The number of hydrogen-bond acceptors (Lipinski definition) is 7. The molecule has 0 amide bonds. The second kappa shape index (κ2) is 8.23. The van der Waals surface area contributed by atoms with E-state index >= 15 is 0 Å². The Morgan fingerprint density at radius 2 is 1.94 bits per heavy atom. The number of oxazole rings is 1. The summed E-state index contributed by atoms with van der Waals surface area (Å²) in [6.45, 7) is 2.00. The summed E-state index contributed by atoms with van der Waals surface area (Å²) in [5, 5.41) is 10.5. The van der Waals surface area contributed by atoms with Gasteiger partial charge in [0.05, 0.1) is 11.9 Å². The summed E-state index contributed by atoms with van der Waals surface area (Å²) in [4.78, 5) is 23.0. The van der Waals surface area contributed by atoms with Gasteiger partial charge in [0.25, 0.3) is 6.01 Å². The van der Waals surface area contributed by atoms with Crippen LogP contribution in [0.3, 0.4) is 0 Å². The molecular weight excluding hydrogens is 406 g/mol. The molecule has 5 aromatic rings. The highest BCUT2D eigenvalue weighted by molar-refractivity contribution is 5.68. The van der Waals surface area contributed by atoms with Crippen molar-refractivity contribution in [2.75, 3.05) is 10.6 Å². The third kappa shape index (κ3) is 3.99. The van der Waals surface area contributed by atoms with Crippen molar-refractivity contribution in [2.24, 2.45) is 0 Å². The number of benzene rings is 2. The molecule has 3 aromatic heterocycles. The number of nitrogens with zero attached hydrogens (tertiary/aromatic N) is 4. The molecule has 5 rings (SSSR count). The fourth-order valence-electron chi connectivity index (χ4n) is 3.23. The Labute approximate surface area is 182 Å². The van der Waals surface area contributed by atoms with Crippen LogP contribution in [0.4, 0.5) is 23.2 Å². The number of aromatic nitrogens is 5. The predicted octanol–water partition coefficient (Wildman–Crippen LogP) is 4.41. The van der Waals surface area contributed by atoms with Crippen molar-refractivity contribution in [3.05, 3.63) is 95.4 Å². The Balaban J connectivity index is 1.37. The summed E-state index contributed by atoms with van der Waals surface area (Å²) in [6, 6.07) is 19.3. The summed E-state index contributed by atoms with van der Waals surface area (Å²) in [6.07, 6.45) is 4.73. The van der Waals surface area contributed by atoms with E-state index in [9.17, 15) is 4.79 Å². The molecule has 32 heavy (non-hydrogen) atoms. The maximum absolute atomic E-state index is 11.8. The van der Waals surface area contributed by atoms with Crippen molar-refractivity contribution in [3.63, 3.8) is 0 Å². The zero-order valence-electron chi connectivity index (χ0n) is 17.1. The molecule has 0 aliphatic carbocycles. The molecule has 9 heteroatoms. The van der Waals surface area contributed by atoms with Gasteiger partial charge in [0.15, 0.2) is 5.76 Å². The van der Waals surface area contributed by atoms with Crippen LogP contribution in [-0.2, 0) is 0 Å². The van der Waals surface area contributed by atoms with Crippen molar-refractivity contribution in [3.8, 4) is 17.0 Å². The van der Waals surface area contributed by atoms with Gasteiger partial charge in [-0.25, -0.2) is 14.8 Å². The van der Waals surface area contributed by atoms with Crippen molar-refractivity contribution in [2.45, 2.75) is 6.92 Å². The molecule has 0 aliphatic rings. The molecule has 3 N–H and O–H groups in total. The molecular formula is C23H19N7O2. The molecule has 0 bridgehead atoms. The molecule has 0 saturated heterocycles. The first-order valence-corrected chi connectivity index (χ1v) is 9.91. The van der Waals surface area contributed by atoms with Crippen LogP contribution in [0.1, 0.15) is 5.56 Å². The van der Waals surface area contributed by atoms with Gasteiger partial charge in [-0.2, -0.15) is 9.78 Å². The molecule has 0 radical (unpaired) electrons. The lowest BCUT2D eigenvalue weighted by Crippen LogP contribution is -2.15. The molecule has 9 nitrogen and oxygen atoms in total. The van der Waals surface area contributed by atoms with Crippen LogP contribution in [0.25, 0.3) is 17.0 Å². The van der Waals surface area contributed by atoms with E-state index in [1.54, 1.807) is 18.5 Å². The molecule has 0 atom stereocenters. The number of aromatic amines is 1. The van der Waals surface area contributed by atoms with Crippen LogP contribution in [0, 0.1) is 6.92 Å². The molecule has 0 spiro atoms. The van der Waals surface area contributed by atoms with Crippen LogP contribution in [0.2, 0.25) is 0 Å². The van der Waals surface area contributed by atoms with Crippen LogP contribution >= 0.6 is 0 Å². The van der Waals surface area contributed by atoms with Gasteiger partial charge >= 0.3 is 5.69 Å². The fraction of sp³-hybridized carbons (Fsp3) is 0.0435. The van der Waals surface area contributed by atoms with Crippen molar-refractivity contribution in [1.29, 1.82) is 0 Å². The quantitative estimate of drug-likeness (QED) is 0.369. The van der Waals surface area contributed by atoms with E-state index in [1.165, 1.54) is 11.0 Å². The minimum atomic E-state index is -0.309. The maximum Gasteiger partial charge on any atom is 0.347 e. The number of H-pyrrole nitrogens is 1. The topological polar surface area (TPSA) is 114 Å². The summed E-state index contributed by atoms with van der Waals surface area (Å²) in [5.41, 5.74) is 3.88. The molecule has 3 heterocycles. The molecule has 0 fully saturated rings. The fourth-order valence-corrected chi connectivity index (χ4v) is 3.23. The average Bonchev–Trinajstić information content (AvgIpc) is 3.46. The van der Waals surface area contributed by atoms with Crippen molar-refractivity contribution >= 4 is 23.2 Å². The van der Waals surface area contributed by atoms with Crippen molar-refractivity contribution in [1.82, 2.24) is 24.7 Å². The highest BCUT2D eigenvalue weighted by atomic mass is 16.4. The van der Waals surface area contributed by atoms with Crippen molar-refractivity contribution < 1.29 is 4.42 Å². The van der Waals surface area contributed by atoms with E-state index in [1.807, 2.05) is 61.5 Å². The summed E-state index contributed by atoms with van der Waals surface area (Å²) < 4.78 is 7.20. The zero-order valence-corrected chi connectivity index (χ0v) is 17.1. The van der Waals surface area contributed by atoms with Gasteiger partial charge in [0, 0.05) is 23.1 Å². The summed E-state index contributed by atoms with van der Waals surface area (Å²) in [7, 11) is 0. The van der Waals surface area contributed by atoms with Crippen LogP contribution < -0.4 is 16.3 Å². The Morgan fingerprint density at radius 3 is 2.75 bits per heavy atom. The zero-order chi connectivity index (χ0) is 21.9. The molecule has 0 saturated carbocycles. The highest BCUT2D eigenvalue weighted by Crippen LogP contribution is 2.28. The van der Waals surface area contributed by atoms with Gasteiger partial charge in [-0.05, 0) is 48.9 Å². The van der Waals surface area contributed by atoms with E-state index in [4.69, 9.17) is 4.42 Å². The Kier molecular flexibility index (Phi) is 4.97. The minimum Gasteiger partial charge on any atom is -0.423 e. The number of pyridine rings is 1. The molecule has 158 valence electrons. The van der Waals surface area contributed by atoms with Gasteiger partial charge in [-0.3, -0.25) is 4.98 Å². The molecule has 2 aromatic carbocycles. The number of anilines is 4. The smallest absolute Gasteiger partial charge is 0.347 e. The first kappa shape index (κ1) is 19.3. The van der Waals surface area contributed by atoms with Crippen LogP contribution in [0.15, 0.2) is 88.6 Å².